The van der Waals surface area contributed by atoms with Gasteiger partial charge in [0.1, 0.15) is 18.7 Å². The lowest BCUT2D eigenvalue weighted by molar-refractivity contribution is -0.135. The van der Waals surface area contributed by atoms with E-state index in [9.17, 15) is 9.59 Å². The first kappa shape index (κ1) is 20.9. The number of fused-ring (bicyclic) bond motifs is 1. The van der Waals surface area contributed by atoms with Crippen molar-refractivity contribution in [2.45, 2.75) is 6.54 Å². The first-order chi connectivity index (χ1) is 15.5. The second-order valence-electron chi connectivity index (χ2n) is 7.42. The largest absolute Gasteiger partial charge is 0.383 e. The average molecular weight is 484 g/mol. The zero-order valence-electron chi connectivity index (χ0n) is 16.8. The molecule has 1 saturated heterocycles. The molecule has 3 aromatic heterocycles. The molecule has 0 saturated carbocycles. The predicted octanol–water partition coefficient (Wildman–Crippen LogP) is 4.14. The van der Waals surface area contributed by atoms with Crippen molar-refractivity contribution >= 4 is 62.8 Å². The van der Waals surface area contributed by atoms with Gasteiger partial charge in [-0.3, -0.25) is 9.59 Å². The highest BCUT2D eigenvalue weighted by Crippen LogP contribution is 2.35. The highest BCUT2D eigenvalue weighted by molar-refractivity contribution is 7.24. The van der Waals surface area contributed by atoms with Crippen LogP contribution in [0.25, 0.3) is 20.7 Å². The van der Waals surface area contributed by atoms with Crippen molar-refractivity contribution in [3.63, 3.8) is 0 Å². The second kappa shape index (κ2) is 8.50. The van der Waals surface area contributed by atoms with Crippen molar-refractivity contribution in [3.05, 3.63) is 63.6 Å². The Bertz CT molecular complexity index is 1330. The predicted molar refractivity (Wildman–Crippen MR) is 128 cm³/mol. The fourth-order valence-corrected chi connectivity index (χ4v) is 5.79. The summed E-state index contributed by atoms with van der Waals surface area (Å²) in [6.07, 6.45) is 1.43. The van der Waals surface area contributed by atoms with E-state index in [4.69, 9.17) is 17.3 Å². The van der Waals surface area contributed by atoms with Gasteiger partial charge in [-0.15, -0.1) is 22.7 Å². The summed E-state index contributed by atoms with van der Waals surface area (Å²) in [5, 5.41) is 0.790. The standard InChI is InChI=1S/C22H18ClN5O2S2/c23-19-6-5-17(32-19)16-3-4-18(31-16)22(30)28-8-7-27(20(29)11-28)10-13-1-2-14-15(9-13)25-12-26-21(14)24/h1-6,9,12H,7-8,10-11H2,(H2,24,25,26). The van der Waals surface area contributed by atoms with Crippen molar-refractivity contribution in [2.75, 3.05) is 25.4 Å². The summed E-state index contributed by atoms with van der Waals surface area (Å²) in [5.41, 5.74) is 7.59. The first-order valence-electron chi connectivity index (χ1n) is 9.89. The first-order valence-corrected chi connectivity index (χ1v) is 11.9. The third kappa shape index (κ3) is 4.06. The van der Waals surface area contributed by atoms with Gasteiger partial charge in [-0.1, -0.05) is 17.7 Å². The van der Waals surface area contributed by atoms with Gasteiger partial charge in [-0.2, -0.15) is 0 Å². The number of carbonyl (C=O) groups excluding carboxylic acids is 2. The minimum atomic E-state index is -0.116. The molecule has 0 radical (unpaired) electrons. The van der Waals surface area contributed by atoms with Crippen LogP contribution >= 0.6 is 34.3 Å². The van der Waals surface area contributed by atoms with Crippen LogP contribution in [0.15, 0.2) is 48.8 Å². The molecule has 1 fully saturated rings. The van der Waals surface area contributed by atoms with E-state index in [1.54, 1.807) is 9.80 Å². The van der Waals surface area contributed by atoms with Crippen LogP contribution in [0.4, 0.5) is 5.82 Å². The molecule has 10 heteroatoms. The van der Waals surface area contributed by atoms with Crippen LogP contribution in [-0.2, 0) is 11.3 Å². The fourth-order valence-electron chi connectivity index (χ4n) is 3.68. The monoisotopic (exact) mass is 483 g/mol. The lowest BCUT2D eigenvalue weighted by Crippen LogP contribution is -2.51. The molecular weight excluding hydrogens is 466 g/mol. The molecule has 4 heterocycles. The number of nitrogens with two attached hydrogens (primary N) is 1. The van der Waals surface area contributed by atoms with Gasteiger partial charge in [-0.25, -0.2) is 9.97 Å². The van der Waals surface area contributed by atoms with Gasteiger partial charge in [0, 0.05) is 34.8 Å². The number of halogens is 1. The second-order valence-corrected chi connectivity index (χ2v) is 10.2. The maximum atomic E-state index is 13.0. The van der Waals surface area contributed by atoms with E-state index in [0.29, 0.717) is 34.7 Å². The fraction of sp³-hybridized carbons (Fsp3) is 0.182. The Kier molecular flexibility index (Phi) is 5.54. The minimum Gasteiger partial charge on any atom is -0.383 e. The average Bonchev–Trinajstić information content (AvgIpc) is 3.44. The summed E-state index contributed by atoms with van der Waals surface area (Å²) in [6.45, 7) is 1.50. The molecule has 1 aliphatic rings. The third-order valence-corrected chi connectivity index (χ3v) is 7.84. The number of piperazine rings is 1. The summed E-state index contributed by atoms with van der Waals surface area (Å²) < 4.78 is 0.713. The quantitative estimate of drug-likeness (QED) is 0.471. The van der Waals surface area contributed by atoms with Gasteiger partial charge in [0.2, 0.25) is 5.91 Å². The summed E-state index contributed by atoms with van der Waals surface area (Å²) in [7, 11) is 0. The van der Waals surface area contributed by atoms with Gasteiger partial charge in [0.05, 0.1) is 14.7 Å². The maximum Gasteiger partial charge on any atom is 0.264 e. The molecule has 2 amide bonds. The number of carbonyl (C=O) groups is 2. The molecule has 0 bridgehead atoms. The number of hydrogen-bond acceptors (Lipinski definition) is 7. The SMILES string of the molecule is Nc1ncnc2cc(CN3CCN(C(=O)c4ccc(-c5ccc(Cl)s5)s4)CC3=O)ccc12. The Morgan fingerprint density at radius 2 is 1.88 bits per heavy atom. The molecule has 7 nitrogen and oxygen atoms in total. The normalized spacial score (nSPS) is 14.3. The third-order valence-electron chi connectivity index (χ3n) is 5.34. The number of benzene rings is 1. The van der Waals surface area contributed by atoms with Crippen molar-refractivity contribution in [2.24, 2.45) is 0 Å². The van der Waals surface area contributed by atoms with E-state index in [-0.39, 0.29) is 18.4 Å². The number of amides is 2. The Balaban J connectivity index is 1.25. The molecule has 4 aromatic rings. The highest BCUT2D eigenvalue weighted by atomic mass is 35.5. The van der Waals surface area contributed by atoms with Crippen LogP contribution in [0.1, 0.15) is 15.2 Å². The number of nitrogen functional groups attached to an aromatic ring is 1. The molecule has 162 valence electrons. The molecule has 5 rings (SSSR count). The summed E-state index contributed by atoms with van der Waals surface area (Å²) >= 11 is 8.92. The van der Waals surface area contributed by atoms with Crippen molar-refractivity contribution in [1.29, 1.82) is 0 Å². The summed E-state index contributed by atoms with van der Waals surface area (Å²) in [5.74, 6) is 0.243. The molecule has 0 atom stereocenters. The van der Waals surface area contributed by atoms with Crippen molar-refractivity contribution < 1.29 is 9.59 Å². The van der Waals surface area contributed by atoms with E-state index < -0.39 is 0 Å². The number of thiophene rings is 2. The van der Waals surface area contributed by atoms with Crippen LogP contribution in [-0.4, -0.2) is 51.2 Å². The molecule has 1 aromatic carbocycles. The smallest absolute Gasteiger partial charge is 0.264 e. The Hall–Kier alpha value is -3.01. The van der Waals surface area contributed by atoms with Gasteiger partial charge in [-0.05, 0) is 42.0 Å². The van der Waals surface area contributed by atoms with Crippen molar-refractivity contribution in [1.82, 2.24) is 19.8 Å². The molecule has 2 N–H and O–H groups in total. The van der Waals surface area contributed by atoms with Crippen LogP contribution in [0.2, 0.25) is 4.34 Å². The molecule has 32 heavy (non-hydrogen) atoms. The molecule has 0 spiro atoms. The van der Waals surface area contributed by atoms with Crippen molar-refractivity contribution in [3.8, 4) is 9.75 Å². The zero-order chi connectivity index (χ0) is 22.2. The lowest BCUT2D eigenvalue weighted by atomic mass is 10.1. The number of nitrogens with zero attached hydrogens (tertiary/aromatic N) is 4. The van der Waals surface area contributed by atoms with Gasteiger partial charge in [0.25, 0.3) is 5.91 Å². The number of aromatic nitrogens is 2. The van der Waals surface area contributed by atoms with Crippen LogP contribution in [0.5, 0.6) is 0 Å². The van der Waals surface area contributed by atoms with E-state index in [1.807, 2.05) is 42.5 Å². The maximum absolute atomic E-state index is 13.0. The topological polar surface area (TPSA) is 92.4 Å². The Morgan fingerprint density at radius 3 is 2.66 bits per heavy atom. The van der Waals surface area contributed by atoms with E-state index in [2.05, 4.69) is 9.97 Å². The highest BCUT2D eigenvalue weighted by Gasteiger charge is 2.28. The van der Waals surface area contributed by atoms with Crippen LogP contribution in [0.3, 0.4) is 0 Å². The Labute approximate surface area is 197 Å². The number of anilines is 1. The van der Waals surface area contributed by atoms with E-state index in [0.717, 1.165) is 26.2 Å². The zero-order valence-corrected chi connectivity index (χ0v) is 19.2. The summed E-state index contributed by atoms with van der Waals surface area (Å²) in [4.78, 5) is 40.0. The molecule has 0 aliphatic carbocycles. The van der Waals surface area contributed by atoms with Crippen LogP contribution < -0.4 is 5.73 Å². The van der Waals surface area contributed by atoms with Gasteiger partial charge in [0.15, 0.2) is 0 Å². The molecule has 1 aliphatic heterocycles. The minimum absolute atomic E-state index is 0.0690. The van der Waals surface area contributed by atoms with Gasteiger partial charge < -0.3 is 15.5 Å². The summed E-state index contributed by atoms with van der Waals surface area (Å²) in [6, 6.07) is 13.3. The Morgan fingerprint density at radius 1 is 1.06 bits per heavy atom. The molecule has 0 unspecified atom stereocenters. The van der Waals surface area contributed by atoms with Gasteiger partial charge >= 0.3 is 0 Å². The number of rotatable bonds is 4. The lowest BCUT2D eigenvalue weighted by Gasteiger charge is -2.34. The van der Waals surface area contributed by atoms with E-state index >= 15 is 0 Å². The van der Waals surface area contributed by atoms with E-state index in [1.165, 1.54) is 29.0 Å². The molecular formula is C22H18ClN5O2S2. The van der Waals surface area contributed by atoms with Crippen LogP contribution in [0, 0.1) is 0 Å². The number of hydrogen-bond donors (Lipinski definition) is 1.